The minimum Gasteiger partial charge on any atom is -0.480 e. The largest absolute Gasteiger partial charge is 0.480 e. The fourth-order valence-electron chi connectivity index (χ4n) is 1.34. The van der Waals surface area contributed by atoms with Gasteiger partial charge in [-0.3, -0.25) is 4.79 Å². The van der Waals surface area contributed by atoms with E-state index in [2.05, 4.69) is 4.72 Å². The zero-order chi connectivity index (χ0) is 13.5. The van der Waals surface area contributed by atoms with Gasteiger partial charge in [-0.05, 0) is 18.8 Å². The predicted octanol–water partition coefficient (Wildman–Crippen LogP) is 0.442. The maximum absolute atomic E-state index is 11.6. The van der Waals surface area contributed by atoms with Crippen LogP contribution in [0, 0.1) is 5.92 Å². The molecule has 17 heavy (non-hydrogen) atoms. The summed E-state index contributed by atoms with van der Waals surface area (Å²) in [5.74, 6) is -1.16. The van der Waals surface area contributed by atoms with Gasteiger partial charge in [-0.2, -0.15) is 0 Å². The first-order chi connectivity index (χ1) is 7.78. The van der Waals surface area contributed by atoms with Crippen molar-refractivity contribution in [1.82, 2.24) is 4.72 Å². The maximum atomic E-state index is 11.6. The summed E-state index contributed by atoms with van der Waals surface area (Å²) >= 11 is 0. The summed E-state index contributed by atoms with van der Waals surface area (Å²) in [5.41, 5.74) is 0. The fraction of sp³-hybridized carbons (Fsp3) is 0.900. The van der Waals surface area contributed by atoms with Gasteiger partial charge in [0.25, 0.3) is 0 Å². The van der Waals surface area contributed by atoms with Gasteiger partial charge in [-0.25, -0.2) is 13.1 Å². The van der Waals surface area contributed by atoms with E-state index in [0.29, 0.717) is 13.0 Å². The van der Waals surface area contributed by atoms with Gasteiger partial charge in [0.05, 0.1) is 5.75 Å². The van der Waals surface area contributed by atoms with Crippen LogP contribution in [0.1, 0.15) is 26.7 Å². The molecular weight excluding hydrogens is 246 g/mol. The Morgan fingerprint density at radius 1 is 1.41 bits per heavy atom. The van der Waals surface area contributed by atoms with E-state index in [4.69, 9.17) is 9.84 Å². The third-order valence-electron chi connectivity index (χ3n) is 2.09. The van der Waals surface area contributed by atoms with Crippen molar-refractivity contribution in [2.75, 3.05) is 19.5 Å². The molecule has 0 spiro atoms. The standard InChI is InChI=1S/C10H21NO5S/c1-8(2)7-9(10(12)13)11-17(14,15)6-4-5-16-3/h8-9,11H,4-7H2,1-3H3,(H,12,13)/t9-/m1/s1. The van der Waals surface area contributed by atoms with Gasteiger partial charge in [-0.15, -0.1) is 0 Å². The molecule has 0 bridgehead atoms. The lowest BCUT2D eigenvalue weighted by Crippen LogP contribution is -2.42. The number of aliphatic carboxylic acids is 1. The molecule has 0 amide bonds. The Labute approximate surface area is 102 Å². The Balaban J connectivity index is 4.37. The second-order valence-corrected chi connectivity index (χ2v) is 6.18. The van der Waals surface area contributed by atoms with E-state index in [9.17, 15) is 13.2 Å². The molecule has 0 fully saturated rings. The third kappa shape index (κ3) is 8.12. The van der Waals surface area contributed by atoms with E-state index in [1.165, 1.54) is 7.11 Å². The molecule has 0 aromatic rings. The van der Waals surface area contributed by atoms with Gasteiger partial charge in [0.15, 0.2) is 0 Å². The van der Waals surface area contributed by atoms with E-state index in [-0.39, 0.29) is 18.1 Å². The van der Waals surface area contributed by atoms with Crippen LogP contribution in [0.4, 0.5) is 0 Å². The van der Waals surface area contributed by atoms with E-state index in [1.54, 1.807) is 0 Å². The van der Waals surface area contributed by atoms with Crippen LogP contribution in [0.2, 0.25) is 0 Å². The average molecular weight is 267 g/mol. The molecule has 0 aliphatic heterocycles. The van der Waals surface area contributed by atoms with Gasteiger partial charge in [0.1, 0.15) is 6.04 Å². The van der Waals surface area contributed by atoms with Crippen molar-refractivity contribution in [3.05, 3.63) is 0 Å². The Kier molecular flexibility index (Phi) is 7.33. The molecular formula is C10H21NO5S. The molecule has 6 nitrogen and oxygen atoms in total. The van der Waals surface area contributed by atoms with Crippen molar-refractivity contribution in [3.63, 3.8) is 0 Å². The van der Waals surface area contributed by atoms with E-state index in [1.807, 2.05) is 13.8 Å². The number of carbonyl (C=O) groups is 1. The molecule has 0 saturated carbocycles. The summed E-state index contributed by atoms with van der Waals surface area (Å²) in [7, 11) is -2.07. The highest BCUT2D eigenvalue weighted by Gasteiger charge is 2.24. The molecule has 0 radical (unpaired) electrons. The van der Waals surface area contributed by atoms with Crippen LogP contribution in [-0.4, -0.2) is 45.0 Å². The molecule has 0 rings (SSSR count). The number of methoxy groups -OCH3 is 1. The quantitative estimate of drug-likeness (QED) is 0.591. The first-order valence-electron chi connectivity index (χ1n) is 5.50. The van der Waals surface area contributed by atoms with Crippen molar-refractivity contribution >= 4 is 16.0 Å². The molecule has 0 heterocycles. The monoisotopic (exact) mass is 267 g/mol. The van der Waals surface area contributed by atoms with Crippen LogP contribution in [0.25, 0.3) is 0 Å². The van der Waals surface area contributed by atoms with Gasteiger partial charge in [0.2, 0.25) is 10.0 Å². The molecule has 0 aliphatic rings. The summed E-state index contributed by atoms with van der Waals surface area (Å²) in [6.45, 7) is 4.02. The summed E-state index contributed by atoms with van der Waals surface area (Å²) in [6, 6.07) is -1.05. The Morgan fingerprint density at radius 3 is 2.41 bits per heavy atom. The van der Waals surface area contributed by atoms with Crippen molar-refractivity contribution < 1.29 is 23.1 Å². The Bertz CT molecular complexity index is 326. The SMILES string of the molecule is COCCCS(=O)(=O)N[C@H](CC(C)C)C(=O)O. The molecule has 7 heteroatoms. The summed E-state index contributed by atoms with van der Waals surface area (Å²) in [6.07, 6.45) is 0.624. The number of carboxylic acid groups (broad SMARTS) is 1. The van der Waals surface area contributed by atoms with Gasteiger partial charge in [0, 0.05) is 13.7 Å². The Morgan fingerprint density at radius 2 is 2.00 bits per heavy atom. The molecule has 0 aromatic heterocycles. The molecule has 0 unspecified atom stereocenters. The number of ether oxygens (including phenoxy) is 1. The lowest BCUT2D eigenvalue weighted by Gasteiger charge is -2.16. The average Bonchev–Trinajstić information content (AvgIpc) is 2.15. The van der Waals surface area contributed by atoms with Crippen molar-refractivity contribution in [1.29, 1.82) is 0 Å². The lowest BCUT2D eigenvalue weighted by molar-refractivity contribution is -0.139. The van der Waals surface area contributed by atoms with Gasteiger partial charge < -0.3 is 9.84 Å². The zero-order valence-electron chi connectivity index (χ0n) is 10.5. The summed E-state index contributed by atoms with van der Waals surface area (Å²) in [4.78, 5) is 10.9. The van der Waals surface area contributed by atoms with E-state index < -0.39 is 22.0 Å². The highest BCUT2D eigenvalue weighted by Crippen LogP contribution is 2.06. The van der Waals surface area contributed by atoms with E-state index >= 15 is 0 Å². The summed E-state index contributed by atoms with van der Waals surface area (Å²) in [5, 5.41) is 8.91. The minimum absolute atomic E-state index is 0.109. The van der Waals surface area contributed by atoms with E-state index in [0.717, 1.165) is 0 Å². The number of carboxylic acids is 1. The predicted molar refractivity (Wildman–Crippen MR) is 64.3 cm³/mol. The molecule has 2 N–H and O–H groups in total. The molecule has 102 valence electrons. The zero-order valence-corrected chi connectivity index (χ0v) is 11.3. The molecule has 1 atom stereocenters. The first-order valence-corrected chi connectivity index (χ1v) is 7.15. The van der Waals surface area contributed by atoms with Crippen LogP contribution in [0.15, 0.2) is 0 Å². The number of hydrogen-bond donors (Lipinski definition) is 2. The van der Waals surface area contributed by atoms with Crippen LogP contribution < -0.4 is 4.72 Å². The third-order valence-corrected chi connectivity index (χ3v) is 3.56. The van der Waals surface area contributed by atoms with Crippen LogP contribution in [0.5, 0.6) is 0 Å². The highest BCUT2D eigenvalue weighted by molar-refractivity contribution is 7.89. The first kappa shape index (κ1) is 16.3. The summed E-state index contributed by atoms with van der Waals surface area (Å²) < 4.78 is 30.1. The van der Waals surface area contributed by atoms with Crippen molar-refractivity contribution in [3.8, 4) is 0 Å². The molecule has 0 aliphatic carbocycles. The number of sulfonamides is 1. The van der Waals surface area contributed by atoms with Crippen LogP contribution in [-0.2, 0) is 19.6 Å². The smallest absolute Gasteiger partial charge is 0.321 e. The lowest BCUT2D eigenvalue weighted by atomic mass is 10.1. The molecule has 0 saturated heterocycles. The number of rotatable bonds is 9. The minimum atomic E-state index is -3.55. The topological polar surface area (TPSA) is 92.7 Å². The van der Waals surface area contributed by atoms with Gasteiger partial charge >= 0.3 is 5.97 Å². The fourth-order valence-corrected chi connectivity index (χ4v) is 2.59. The van der Waals surface area contributed by atoms with Crippen molar-refractivity contribution in [2.45, 2.75) is 32.7 Å². The number of nitrogens with one attached hydrogen (secondary N) is 1. The Hall–Kier alpha value is -0.660. The number of hydrogen-bond acceptors (Lipinski definition) is 4. The highest BCUT2D eigenvalue weighted by atomic mass is 32.2. The van der Waals surface area contributed by atoms with Gasteiger partial charge in [-0.1, -0.05) is 13.8 Å². The second kappa shape index (κ2) is 7.62. The second-order valence-electron chi connectivity index (χ2n) is 4.30. The van der Waals surface area contributed by atoms with Crippen LogP contribution in [0.3, 0.4) is 0 Å². The normalized spacial score (nSPS) is 13.9. The molecule has 0 aromatic carbocycles. The van der Waals surface area contributed by atoms with Crippen molar-refractivity contribution in [2.24, 2.45) is 5.92 Å². The van der Waals surface area contributed by atoms with Crippen LogP contribution >= 0.6 is 0 Å². The maximum Gasteiger partial charge on any atom is 0.321 e.